The summed E-state index contributed by atoms with van der Waals surface area (Å²) in [6, 6.07) is 4.22. The van der Waals surface area contributed by atoms with Gasteiger partial charge in [0.2, 0.25) is 0 Å². The van der Waals surface area contributed by atoms with Crippen LogP contribution in [-0.4, -0.2) is 30.1 Å². The average Bonchev–Trinajstić information content (AvgIpc) is 2.27. The summed E-state index contributed by atoms with van der Waals surface area (Å²) in [5, 5.41) is 9.21. The largest absolute Gasteiger partial charge is 0.508 e. The first-order valence-electron chi connectivity index (χ1n) is 6.15. The van der Waals surface area contributed by atoms with E-state index in [2.05, 4.69) is 18.7 Å². The maximum atomic E-state index is 13.8. The van der Waals surface area contributed by atoms with E-state index in [0.717, 1.165) is 12.6 Å². The van der Waals surface area contributed by atoms with Crippen LogP contribution in [-0.2, 0) is 0 Å². The summed E-state index contributed by atoms with van der Waals surface area (Å²) in [7, 11) is 1.95. The molecule has 3 N–H and O–H groups in total. The highest BCUT2D eigenvalue weighted by atomic mass is 19.1. The molecule has 0 aliphatic rings. The van der Waals surface area contributed by atoms with E-state index in [1.807, 2.05) is 14.0 Å². The molecule has 0 bridgehead atoms. The zero-order valence-electron chi connectivity index (χ0n) is 11.6. The average molecular weight is 254 g/mol. The number of phenolic OH excluding ortho intramolecular Hbond substituents is 1. The van der Waals surface area contributed by atoms with Crippen LogP contribution in [0.25, 0.3) is 0 Å². The Hall–Kier alpha value is -1.13. The molecule has 0 aliphatic carbocycles. The molecule has 102 valence electrons. The summed E-state index contributed by atoms with van der Waals surface area (Å²) in [5.41, 5.74) is 6.29. The Bertz CT molecular complexity index is 407. The molecular weight excluding hydrogens is 231 g/mol. The molecular formula is C14H23FN2O. The number of rotatable bonds is 5. The van der Waals surface area contributed by atoms with Gasteiger partial charge in [-0.25, -0.2) is 4.39 Å². The summed E-state index contributed by atoms with van der Waals surface area (Å²) in [6.45, 7) is 7.49. The van der Waals surface area contributed by atoms with Gasteiger partial charge in [0, 0.05) is 24.2 Å². The van der Waals surface area contributed by atoms with Crippen LogP contribution in [0.2, 0.25) is 0 Å². The zero-order chi connectivity index (χ0) is 13.9. The number of nitrogens with two attached hydrogens (primary N) is 1. The van der Waals surface area contributed by atoms with E-state index in [4.69, 9.17) is 5.73 Å². The maximum absolute atomic E-state index is 13.8. The molecule has 1 unspecified atom stereocenters. The Morgan fingerprint density at radius 1 is 1.44 bits per heavy atom. The van der Waals surface area contributed by atoms with Gasteiger partial charge < -0.3 is 10.8 Å². The van der Waals surface area contributed by atoms with Gasteiger partial charge in [0.25, 0.3) is 0 Å². The smallest absolute Gasteiger partial charge is 0.131 e. The molecule has 1 aromatic rings. The van der Waals surface area contributed by atoms with Gasteiger partial charge in [0.05, 0.1) is 0 Å². The molecule has 1 rings (SSSR count). The predicted molar refractivity (Wildman–Crippen MR) is 71.9 cm³/mol. The minimum atomic E-state index is -0.375. The van der Waals surface area contributed by atoms with E-state index in [-0.39, 0.29) is 23.0 Å². The Kier molecular flexibility index (Phi) is 4.71. The van der Waals surface area contributed by atoms with Gasteiger partial charge in [-0.1, -0.05) is 19.9 Å². The lowest BCUT2D eigenvalue weighted by Gasteiger charge is -2.33. The van der Waals surface area contributed by atoms with E-state index in [1.165, 1.54) is 6.07 Å². The van der Waals surface area contributed by atoms with Crippen LogP contribution in [0.15, 0.2) is 18.2 Å². The second-order valence-corrected chi connectivity index (χ2v) is 5.67. The highest BCUT2D eigenvalue weighted by Gasteiger charge is 2.23. The summed E-state index contributed by atoms with van der Waals surface area (Å²) < 4.78 is 13.8. The number of hydrogen-bond donors (Lipinski definition) is 2. The summed E-state index contributed by atoms with van der Waals surface area (Å²) in [4.78, 5) is 2.07. The van der Waals surface area contributed by atoms with Gasteiger partial charge in [-0.3, -0.25) is 4.90 Å². The minimum Gasteiger partial charge on any atom is -0.508 e. The molecule has 0 heterocycles. The van der Waals surface area contributed by atoms with E-state index >= 15 is 0 Å². The Morgan fingerprint density at radius 2 is 2.06 bits per heavy atom. The number of hydrogen-bond acceptors (Lipinski definition) is 3. The molecule has 18 heavy (non-hydrogen) atoms. The van der Waals surface area contributed by atoms with Crippen molar-refractivity contribution in [1.82, 2.24) is 4.90 Å². The number of aromatic hydroxyl groups is 1. The first kappa shape index (κ1) is 14.9. The third kappa shape index (κ3) is 3.68. The van der Waals surface area contributed by atoms with Crippen LogP contribution in [0.5, 0.6) is 5.75 Å². The first-order chi connectivity index (χ1) is 8.26. The fraction of sp³-hybridized carbons (Fsp3) is 0.571. The standard InChI is InChI=1S/C14H23FN2O/c1-10(17(4)9-14(2,3)8-16)12-6-5-11(18)7-13(12)15/h5-7,10,18H,8-9,16H2,1-4H3. The number of halogens is 1. The van der Waals surface area contributed by atoms with Crippen LogP contribution < -0.4 is 5.73 Å². The van der Waals surface area contributed by atoms with Crippen molar-refractivity contribution < 1.29 is 9.50 Å². The number of benzene rings is 1. The van der Waals surface area contributed by atoms with Crippen LogP contribution >= 0.6 is 0 Å². The Labute approximate surface area is 108 Å². The molecule has 0 spiro atoms. The van der Waals surface area contributed by atoms with Crippen molar-refractivity contribution in [3.63, 3.8) is 0 Å². The van der Waals surface area contributed by atoms with Crippen molar-refractivity contribution in [2.24, 2.45) is 11.1 Å². The maximum Gasteiger partial charge on any atom is 0.131 e. The van der Waals surface area contributed by atoms with Crippen molar-refractivity contribution in [2.45, 2.75) is 26.8 Å². The molecule has 0 amide bonds. The van der Waals surface area contributed by atoms with Crippen molar-refractivity contribution >= 4 is 0 Å². The second-order valence-electron chi connectivity index (χ2n) is 5.67. The lowest BCUT2D eigenvalue weighted by Crippen LogP contribution is -2.38. The van der Waals surface area contributed by atoms with E-state index in [1.54, 1.807) is 6.07 Å². The first-order valence-corrected chi connectivity index (χ1v) is 6.15. The molecule has 1 aromatic carbocycles. The van der Waals surface area contributed by atoms with Crippen LogP contribution in [0.3, 0.4) is 0 Å². The Morgan fingerprint density at radius 3 is 2.56 bits per heavy atom. The van der Waals surface area contributed by atoms with Gasteiger partial charge in [-0.2, -0.15) is 0 Å². The number of phenols is 1. The molecule has 1 atom stereocenters. The monoisotopic (exact) mass is 254 g/mol. The van der Waals surface area contributed by atoms with Crippen molar-refractivity contribution in [1.29, 1.82) is 0 Å². The predicted octanol–water partition coefficient (Wildman–Crippen LogP) is 2.51. The van der Waals surface area contributed by atoms with Crippen molar-refractivity contribution in [3.05, 3.63) is 29.6 Å². The summed E-state index contributed by atoms with van der Waals surface area (Å²) >= 11 is 0. The molecule has 0 aromatic heterocycles. The molecule has 0 aliphatic heterocycles. The van der Waals surface area contributed by atoms with Crippen LogP contribution in [0.1, 0.15) is 32.4 Å². The highest BCUT2D eigenvalue weighted by Crippen LogP contribution is 2.27. The molecule has 4 heteroatoms. The van der Waals surface area contributed by atoms with E-state index < -0.39 is 0 Å². The van der Waals surface area contributed by atoms with Crippen LogP contribution in [0, 0.1) is 11.2 Å². The molecule has 3 nitrogen and oxygen atoms in total. The molecule has 0 radical (unpaired) electrons. The fourth-order valence-electron chi connectivity index (χ4n) is 1.97. The zero-order valence-corrected chi connectivity index (χ0v) is 11.6. The lowest BCUT2D eigenvalue weighted by atomic mass is 9.92. The van der Waals surface area contributed by atoms with E-state index in [0.29, 0.717) is 12.1 Å². The third-order valence-electron chi connectivity index (χ3n) is 3.33. The molecule has 0 saturated heterocycles. The second kappa shape index (κ2) is 5.67. The lowest BCUT2D eigenvalue weighted by molar-refractivity contribution is 0.171. The molecule has 0 saturated carbocycles. The van der Waals surface area contributed by atoms with Gasteiger partial charge in [0.15, 0.2) is 0 Å². The summed E-state index contributed by atoms with van der Waals surface area (Å²) in [5.74, 6) is -0.423. The SMILES string of the molecule is CC(c1ccc(O)cc1F)N(C)CC(C)(C)CN. The van der Waals surface area contributed by atoms with Gasteiger partial charge in [-0.05, 0) is 32.0 Å². The van der Waals surface area contributed by atoms with Gasteiger partial charge in [0.1, 0.15) is 11.6 Å². The Balaban J connectivity index is 2.83. The topological polar surface area (TPSA) is 49.5 Å². The van der Waals surface area contributed by atoms with Crippen molar-refractivity contribution in [3.8, 4) is 5.75 Å². The molecule has 0 fully saturated rings. The van der Waals surface area contributed by atoms with Gasteiger partial charge in [-0.15, -0.1) is 0 Å². The van der Waals surface area contributed by atoms with Gasteiger partial charge >= 0.3 is 0 Å². The quantitative estimate of drug-likeness (QED) is 0.849. The van der Waals surface area contributed by atoms with E-state index in [9.17, 15) is 9.50 Å². The third-order valence-corrected chi connectivity index (χ3v) is 3.33. The normalized spacial score (nSPS) is 13.9. The van der Waals surface area contributed by atoms with Crippen molar-refractivity contribution in [2.75, 3.05) is 20.1 Å². The summed E-state index contributed by atoms with van der Waals surface area (Å²) in [6.07, 6.45) is 0. The number of nitrogens with zero attached hydrogens (tertiary/aromatic N) is 1. The minimum absolute atomic E-state index is 0.00357. The highest BCUT2D eigenvalue weighted by molar-refractivity contribution is 5.29. The fourth-order valence-corrected chi connectivity index (χ4v) is 1.97. The van der Waals surface area contributed by atoms with Crippen LogP contribution in [0.4, 0.5) is 4.39 Å².